The fraction of sp³-hybridized carbons (Fsp3) is 0.406. The molecule has 0 aliphatic carbocycles. The van der Waals surface area contributed by atoms with E-state index < -0.39 is 17.6 Å². The first-order valence-electron chi connectivity index (χ1n) is 14.9. The third-order valence-corrected chi connectivity index (χ3v) is 8.40. The Balaban J connectivity index is 1.35. The topological polar surface area (TPSA) is 122 Å². The smallest absolute Gasteiger partial charge is 0.416 e. The summed E-state index contributed by atoms with van der Waals surface area (Å²) in [6.45, 7) is 6.87. The zero-order valence-electron chi connectivity index (χ0n) is 25.3. The van der Waals surface area contributed by atoms with Gasteiger partial charge in [-0.3, -0.25) is 14.6 Å². The number of aromatic nitrogens is 1. The van der Waals surface area contributed by atoms with Crippen molar-refractivity contribution < 1.29 is 32.1 Å². The summed E-state index contributed by atoms with van der Waals surface area (Å²) in [6, 6.07) is 6.64. The number of rotatable bonds is 6. The van der Waals surface area contributed by atoms with Gasteiger partial charge in [-0.05, 0) is 55.0 Å². The number of hydrogen-bond acceptors (Lipinski definition) is 7. The highest BCUT2D eigenvalue weighted by atomic mass is 19.4. The molecular weight excluding hydrogens is 587 g/mol. The van der Waals surface area contributed by atoms with Gasteiger partial charge in [-0.25, -0.2) is 4.98 Å². The number of amides is 2. The van der Waals surface area contributed by atoms with Crippen LogP contribution in [0, 0.1) is 11.3 Å². The van der Waals surface area contributed by atoms with Crippen molar-refractivity contribution in [2.45, 2.75) is 58.7 Å². The molecule has 4 aliphatic heterocycles. The van der Waals surface area contributed by atoms with Crippen LogP contribution in [-0.4, -0.2) is 57.5 Å². The van der Waals surface area contributed by atoms with Crippen molar-refractivity contribution in [3.05, 3.63) is 77.0 Å². The zero-order chi connectivity index (χ0) is 32.1. The van der Waals surface area contributed by atoms with Gasteiger partial charge in [0, 0.05) is 36.7 Å². The zero-order valence-corrected chi connectivity index (χ0v) is 25.3. The first-order chi connectivity index (χ1) is 21.2. The van der Waals surface area contributed by atoms with Gasteiger partial charge < -0.3 is 15.0 Å². The molecule has 3 N–H and O–H groups in total. The van der Waals surface area contributed by atoms with E-state index in [2.05, 4.69) is 15.3 Å². The SMILES string of the molecule is CC(C)(C)COc1cc(C(=O)Nc2cc(C(F)(F)F)ccn2)ccc1C1=NC([C@@H]2CC[C@H]3CCC(=O)N3C2)=C2C=NC=C[N+]12N. The van der Waals surface area contributed by atoms with Crippen LogP contribution in [0.25, 0.3) is 0 Å². The van der Waals surface area contributed by atoms with Crippen molar-refractivity contribution in [1.29, 1.82) is 0 Å². The molecule has 4 aliphatic rings. The average Bonchev–Trinajstić information content (AvgIpc) is 3.51. The molecule has 0 spiro atoms. The maximum Gasteiger partial charge on any atom is 0.416 e. The Kier molecular flexibility index (Phi) is 7.64. The van der Waals surface area contributed by atoms with Crippen LogP contribution in [0.4, 0.5) is 19.0 Å². The maximum atomic E-state index is 13.2. The molecule has 1 aromatic carbocycles. The number of nitrogens with one attached hydrogen (secondary N) is 1. The van der Waals surface area contributed by atoms with E-state index in [1.54, 1.807) is 30.7 Å². The number of anilines is 1. The number of alkyl halides is 3. The minimum absolute atomic E-state index is 0.0289. The van der Waals surface area contributed by atoms with Crippen molar-refractivity contribution in [1.82, 2.24) is 9.88 Å². The number of ether oxygens (including phenoxy) is 1. The van der Waals surface area contributed by atoms with Crippen LogP contribution in [0.5, 0.6) is 5.75 Å². The van der Waals surface area contributed by atoms with Crippen LogP contribution in [0.1, 0.15) is 67.9 Å². The van der Waals surface area contributed by atoms with Gasteiger partial charge >= 0.3 is 6.18 Å². The number of pyridine rings is 1. The second kappa shape index (κ2) is 11.2. The summed E-state index contributed by atoms with van der Waals surface area (Å²) in [5, 5.41) is 2.45. The Hall–Kier alpha value is -4.36. The number of allylic oxidation sites excluding steroid dienone is 1. The highest BCUT2D eigenvalue weighted by Crippen LogP contribution is 2.42. The summed E-state index contributed by atoms with van der Waals surface area (Å²) in [7, 11) is 0. The number of fused-ring (bicyclic) bond motifs is 2. The second-order valence-electron chi connectivity index (χ2n) is 13.0. The van der Waals surface area contributed by atoms with Crippen LogP contribution in [0.2, 0.25) is 0 Å². The van der Waals surface area contributed by atoms with Crippen molar-refractivity contribution in [3.8, 4) is 5.75 Å². The lowest BCUT2D eigenvalue weighted by molar-refractivity contribution is -0.750. The van der Waals surface area contributed by atoms with Gasteiger partial charge in [0.15, 0.2) is 0 Å². The van der Waals surface area contributed by atoms with E-state index >= 15 is 0 Å². The number of benzene rings is 1. The molecule has 3 atom stereocenters. The molecule has 13 heteroatoms. The minimum atomic E-state index is -4.58. The molecule has 10 nitrogen and oxygen atoms in total. The van der Waals surface area contributed by atoms with E-state index in [-0.39, 0.29) is 39.3 Å². The number of halogens is 3. The lowest BCUT2D eigenvalue weighted by Gasteiger charge is -2.35. The van der Waals surface area contributed by atoms with E-state index in [0.29, 0.717) is 42.4 Å². The van der Waals surface area contributed by atoms with Gasteiger partial charge in [0.25, 0.3) is 11.7 Å². The van der Waals surface area contributed by atoms with Crippen molar-refractivity contribution >= 4 is 29.7 Å². The van der Waals surface area contributed by atoms with Crippen LogP contribution in [0.15, 0.2) is 70.3 Å². The number of carbonyl (C=O) groups excluding carboxylic acids is 2. The van der Waals surface area contributed by atoms with Crippen molar-refractivity contribution in [3.63, 3.8) is 0 Å². The van der Waals surface area contributed by atoms with Gasteiger partial charge in [0.1, 0.15) is 29.0 Å². The highest BCUT2D eigenvalue weighted by molar-refractivity contribution is 6.07. The van der Waals surface area contributed by atoms with E-state index in [4.69, 9.17) is 15.6 Å². The first-order valence-corrected chi connectivity index (χ1v) is 14.9. The third-order valence-electron chi connectivity index (χ3n) is 8.40. The average molecular weight is 623 g/mol. The van der Waals surface area contributed by atoms with Crippen molar-refractivity contribution in [2.24, 2.45) is 27.2 Å². The predicted octanol–water partition coefficient (Wildman–Crippen LogP) is 5.40. The van der Waals surface area contributed by atoms with Crippen LogP contribution < -0.4 is 15.9 Å². The second-order valence-corrected chi connectivity index (χ2v) is 13.0. The van der Waals surface area contributed by atoms with Crippen LogP contribution in [-0.2, 0) is 11.0 Å². The lowest BCUT2D eigenvalue weighted by Crippen LogP contribution is -2.53. The number of carbonyl (C=O) groups is 2. The van der Waals surface area contributed by atoms with Gasteiger partial charge in [-0.15, -0.1) is 4.59 Å². The predicted molar refractivity (Wildman–Crippen MR) is 162 cm³/mol. The largest absolute Gasteiger partial charge is 0.492 e. The van der Waals surface area contributed by atoms with Gasteiger partial charge in [-0.1, -0.05) is 20.8 Å². The highest BCUT2D eigenvalue weighted by Gasteiger charge is 2.48. The first kappa shape index (κ1) is 30.7. The Bertz CT molecular complexity index is 1670. The van der Waals surface area contributed by atoms with Crippen molar-refractivity contribution in [2.75, 3.05) is 18.5 Å². The third kappa shape index (κ3) is 6.01. The summed E-state index contributed by atoms with van der Waals surface area (Å²) in [5.41, 5.74) is 0.998. The quantitative estimate of drug-likeness (QED) is 0.330. The van der Waals surface area contributed by atoms with E-state index in [0.717, 1.165) is 43.3 Å². The number of aliphatic imine (C=N–C) groups is 2. The Morgan fingerprint density at radius 2 is 1.96 bits per heavy atom. The monoisotopic (exact) mass is 622 g/mol. The van der Waals surface area contributed by atoms with Crippen LogP contribution >= 0.6 is 0 Å². The number of quaternary nitrogens is 1. The van der Waals surface area contributed by atoms with Gasteiger partial charge in [0.05, 0.1) is 24.6 Å². The fourth-order valence-corrected chi connectivity index (χ4v) is 6.10. The van der Waals surface area contributed by atoms with E-state index in [9.17, 15) is 22.8 Å². The molecule has 5 heterocycles. The summed E-state index contributed by atoms with van der Waals surface area (Å²) >= 11 is 0. The summed E-state index contributed by atoms with van der Waals surface area (Å²) in [5.74, 6) is 7.08. The number of piperidine rings is 1. The molecule has 0 bridgehead atoms. The molecule has 2 aromatic rings. The number of amidine groups is 1. The molecule has 2 fully saturated rings. The number of nitrogens with two attached hydrogens (primary N) is 1. The molecule has 2 saturated heterocycles. The molecule has 6 rings (SSSR count). The molecule has 2 amide bonds. The minimum Gasteiger partial charge on any atom is -0.492 e. The standard InChI is InChI=1S/C32H34F3N7O3/c1-31(2,3)18-45-25-14-19(30(44)39-26-15-21(10-11-38-26)32(33,34)35)5-8-23(25)29-40-28(24-16-37-12-13-42(24,29)36)20-4-6-22-7-9-27(43)41(22)17-20/h5,8,10-16,20,22H,4,6-7,9,17-18,36H2,1-3H3/p+1/t20-,22+,42?/m1/s1. The van der Waals surface area contributed by atoms with Gasteiger partial charge in [-0.2, -0.15) is 24.0 Å². The summed E-state index contributed by atoms with van der Waals surface area (Å²) in [6.07, 6.45) is 4.63. The summed E-state index contributed by atoms with van der Waals surface area (Å²) in [4.78, 5) is 41.0. The Labute approximate surface area is 258 Å². The van der Waals surface area contributed by atoms with E-state index in [1.807, 2.05) is 25.7 Å². The molecule has 0 saturated carbocycles. The van der Waals surface area contributed by atoms with E-state index in [1.165, 1.54) is 6.07 Å². The molecule has 1 unspecified atom stereocenters. The normalized spacial score (nSPS) is 24.5. The molecule has 45 heavy (non-hydrogen) atoms. The number of hydrogen-bond donors (Lipinski definition) is 2. The lowest BCUT2D eigenvalue weighted by atomic mass is 9.90. The molecule has 236 valence electrons. The van der Waals surface area contributed by atoms with Crippen LogP contribution in [0.3, 0.4) is 0 Å². The number of nitrogens with zero attached hydrogens (tertiary/aromatic N) is 5. The maximum absolute atomic E-state index is 13.2. The Morgan fingerprint density at radius 3 is 2.71 bits per heavy atom. The molecule has 1 aromatic heterocycles. The molecule has 0 radical (unpaired) electrons. The van der Waals surface area contributed by atoms with Gasteiger partial charge in [0.2, 0.25) is 11.6 Å². The fourth-order valence-electron chi connectivity index (χ4n) is 6.10. The Morgan fingerprint density at radius 1 is 1.16 bits per heavy atom. The molecular formula is C32H35F3N7O3+. The summed E-state index contributed by atoms with van der Waals surface area (Å²) < 4.78 is 45.6.